The standard InChI is InChI=1S/C15H29N3O4S/c1-13(2)12-14-15(19)16-4-6-18(14)23(20,21)11-3-5-17-7-9-22-10-8-17/h13-14H,3-12H2,1-2H3,(H,16,19). The molecule has 2 aliphatic heterocycles. The van der Waals surface area contributed by atoms with Crippen molar-refractivity contribution in [3.05, 3.63) is 0 Å². The van der Waals surface area contributed by atoms with Gasteiger partial charge >= 0.3 is 0 Å². The number of carbonyl (C=O) groups excluding carboxylic acids is 1. The monoisotopic (exact) mass is 347 g/mol. The van der Waals surface area contributed by atoms with Crippen molar-refractivity contribution in [1.82, 2.24) is 14.5 Å². The van der Waals surface area contributed by atoms with Crippen molar-refractivity contribution in [2.75, 3.05) is 51.7 Å². The summed E-state index contributed by atoms with van der Waals surface area (Å²) in [5.74, 6) is 0.211. The predicted molar refractivity (Wildman–Crippen MR) is 88.6 cm³/mol. The van der Waals surface area contributed by atoms with Crippen molar-refractivity contribution in [3.63, 3.8) is 0 Å². The SMILES string of the molecule is CC(C)CC1C(=O)NCCN1S(=O)(=O)CCCN1CCOCC1. The third kappa shape index (κ3) is 5.41. The maximum absolute atomic E-state index is 12.7. The number of rotatable bonds is 7. The lowest BCUT2D eigenvalue weighted by Crippen LogP contribution is -2.57. The predicted octanol–water partition coefficient (Wildman–Crippen LogP) is -0.115. The van der Waals surface area contributed by atoms with Gasteiger partial charge in [-0.2, -0.15) is 4.31 Å². The average molecular weight is 347 g/mol. The van der Waals surface area contributed by atoms with E-state index in [0.717, 1.165) is 32.8 Å². The molecule has 0 aliphatic carbocycles. The van der Waals surface area contributed by atoms with Crippen LogP contribution in [0.1, 0.15) is 26.7 Å². The van der Waals surface area contributed by atoms with Crippen LogP contribution >= 0.6 is 0 Å². The number of hydrogen-bond acceptors (Lipinski definition) is 5. The molecule has 1 unspecified atom stereocenters. The van der Waals surface area contributed by atoms with Crippen LogP contribution in [0.3, 0.4) is 0 Å². The van der Waals surface area contributed by atoms with E-state index in [4.69, 9.17) is 4.74 Å². The number of piperazine rings is 1. The Morgan fingerprint density at radius 2 is 1.96 bits per heavy atom. The maximum atomic E-state index is 12.7. The highest BCUT2D eigenvalue weighted by Gasteiger charge is 2.37. The average Bonchev–Trinajstić information content (AvgIpc) is 2.49. The van der Waals surface area contributed by atoms with Crippen molar-refractivity contribution in [3.8, 4) is 0 Å². The lowest BCUT2D eigenvalue weighted by Gasteiger charge is -2.35. The van der Waals surface area contributed by atoms with E-state index >= 15 is 0 Å². The molecule has 0 aromatic heterocycles. The van der Waals surface area contributed by atoms with Gasteiger partial charge in [0.05, 0.1) is 19.0 Å². The molecule has 0 aromatic carbocycles. The Morgan fingerprint density at radius 3 is 2.61 bits per heavy atom. The second kappa shape index (κ2) is 8.41. The van der Waals surface area contributed by atoms with Gasteiger partial charge in [-0.05, 0) is 25.3 Å². The first-order chi connectivity index (χ1) is 10.9. The maximum Gasteiger partial charge on any atom is 0.238 e. The Kier molecular flexibility index (Phi) is 6.82. The number of hydrogen-bond donors (Lipinski definition) is 1. The molecule has 1 N–H and O–H groups in total. The molecule has 2 saturated heterocycles. The van der Waals surface area contributed by atoms with E-state index in [0.29, 0.717) is 25.9 Å². The van der Waals surface area contributed by atoms with Crippen molar-refractivity contribution < 1.29 is 17.9 Å². The molecule has 0 aromatic rings. The summed E-state index contributed by atoms with van der Waals surface area (Å²) in [6, 6.07) is -0.558. The zero-order chi connectivity index (χ0) is 16.9. The molecule has 2 fully saturated rings. The molecule has 1 amide bonds. The number of nitrogens with zero attached hydrogens (tertiary/aromatic N) is 2. The van der Waals surface area contributed by atoms with Gasteiger partial charge in [0.1, 0.15) is 6.04 Å². The summed E-state index contributed by atoms with van der Waals surface area (Å²) in [6.07, 6.45) is 1.16. The lowest BCUT2D eigenvalue weighted by atomic mass is 10.0. The van der Waals surface area contributed by atoms with E-state index in [2.05, 4.69) is 10.2 Å². The smallest absolute Gasteiger partial charge is 0.238 e. The van der Waals surface area contributed by atoms with Gasteiger partial charge in [0, 0.05) is 26.2 Å². The first kappa shape index (κ1) is 18.6. The molecule has 0 radical (unpaired) electrons. The quantitative estimate of drug-likeness (QED) is 0.695. The van der Waals surface area contributed by atoms with Crippen LogP contribution in [-0.4, -0.2) is 81.3 Å². The Bertz CT molecular complexity index is 489. The Balaban J connectivity index is 1.91. The summed E-state index contributed by atoms with van der Waals surface area (Å²) in [5, 5.41) is 2.78. The van der Waals surface area contributed by atoms with E-state index < -0.39 is 16.1 Å². The molecule has 8 heteroatoms. The number of morpholine rings is 1. The molecule has 0 saturated carbocycles. The third-order valence-corrected chi connectivity index (χ3v) is 6.27. The van der Waals surface area contributed by atoms with E-state index in [1.807, 2.05) is 13.8 Å². The Labute approximate surface area is 139 Å². The van der Waals surface area contributed by atoms with Crippen LogP contribution in [0.4, 0.5) is 0 Å². The number of sulfonamides is 1. The van der Waals surface area contributed by atoms with Crippen molar-refractivity contribution in [2.45, 2.75) is 32.7 Å². The van der Waals surface area contributed by atoms with Crippen LogP contribution < -0.4 is 5.32 Å². The molecule has 2 heterocycles. The van der Waals surface area contributed by atoms with Crippen LogP contribution in [0.2, 0.25) is 0 Å². The fraction of sp³-hybridized carbons (Fsp3) is 0.933. The second-order valence-electron chi connectivity index (χ2n) is 6.67. The minimum Gasteiger partial charge on any atom is -0.379 e. The van der Waals surface area contributed by atoms with Gasteiger partial charge in [0.2, 0.25) is 15.9 Å². The van der Waals surface area contributed by atoms with Gasteiger partial charge in [-0.15, -0.1) is 0 Å². The normalized spacial score (nSPS) is 24.8. The van der Waals surface area contributed by atoms with Crippen LogP contribution in [0.15, 0.2) is 0 Å². The fourth-order valence-corrected chi connectivity index (χ4v) is 4.78. The van der Waals surface area contributed by atoms with Gasteiger partial charge in [0.25, 0.3) is 0 Å². The highest BCUT2D eigenvalue weighted by atomic mass is 32.2. The van der Waals surface area contributed by atoms with Crippen molar-refractivity contribution in [2.24, 2.45) is 5.92 Å². The van der Waals surface area contributed by atoms with Crippen LogP contribution in [-0.2, 0) is 19.6 Å². The molecule has 0 bridgehead atoms. The molecule has 134 valence electrons. The van der Waals surface area contributed by atoms with Crippen molar-refractivity contribution >= 4 is 15.9 Å². The molecular formula is C15H29N3O4S. The second-order valence-corrected chi connectivity index (χ2v) is 8.71. The van der Waals surface area contributed by atoms with Crippen LogP contribution in [0, 0.1) is 5.92 Å². The topological polar surface area (TPSA) is 79.0 Å². The fourth-order valence-electron chi connectivity index (χ4n) is 3.11. The summed E-state index contributed by atoms with van der Waals surface area (Å²) in [6.45, 7) is 8.71. The van der Waals surface area contributed by atoms with E-state index in [1.165, 1.54) is 4.31 Å². The van der Waals surface area contributed by atoms with Gasteiger partial charge in [-0.3, -0.25) is 9.69 Å². The van der Waals surface area contributed by atoms with E-state index in [-0.39, 0.29) is 17.6 Å². The number of ether oxygens (including phenoxy) is 1. The third-order valence-electron chi connectivity index (χ3n) is 4.31. The molecule has 7 nitrogen and oxygen atoms in total. The summed E-state index contributed by atoms with van der Waals surface area (Å²) >= 11 is 0. The summed E-state index contributed by atoms with van der Waals surface area (Å²) in [5.41, 5.74) is 0. The van der Waals surface area contributed by atoms with Crippen molar-refractivity contribution in [1.29, 1.82) is 0 Å². The zero-order valence-electron chi connectivity index (χ0n) is 14.2. The van der Waals surface area contributed by atoms with Crippen LogP contribution in [0.5, 0.6) is 0 Å². The molecule has 1 atom stereocenters. The van der Waals surface area contributed by atoms with Gasteiger partial charge in [0.15, 0.2) is 0 Å². The van der Waals surface area contributed by atoms with E-state index in [9.17, 15) is 13.2 Å². The number of carbonyl (C=O) groups is 1. The first-order valence-electron chi connectivity index (χ1n) is 8.47. The summed E-state index contributed by atoms with van der Waals surface area (Å²) in [4.78, 5) is 14.3. The lowest BCUT2D eigenvalue weighted by molar-refractivity contribution is -0.127. The summed E-state index contributed by atoms with van der Waals surface area (Å²) in [7, 11) is -3.40. The molecule has 2 rings (SSSR count). The van der Waals surface area contributed by atoms with Gasteiger partial charge in [-0.1, -0.05) is 13.8 Å². The number of nitrogens with one attached hydrogen (secondary N) is 1. The first-order valence-corrected chi connectivity index (χ1v) is 10.1. The van der Waals surface area contributed by atoms with Gasteiger partial charge < -0.3 is 10.1 Å². The highest BCUT2D eigenvalue weighted by molar-refractivity contribution is 7.89. The zero-order valence-corrected chi connectivity index (χ0v) is 15.0. The largest absolute Gasteiger partial charge is 0.379 e. The Hall–Kier alpha value is -0.700. The van der Waals surface area contributed by atoms with Crippen LogP contribution in [0.25, 0.3) is 0 Å². The van der Waals surface area contributed by atoms with Gasteiger partial charge in [-0.25, -0.2) is 8.42 Å². The molecule has 2 aliphatic rings. The minimum absolute atomic E-state index is 0.103. The highest BCUT2D eigenvalue weighted by Crippen LogP contribution is 2.19. The minimum atomic E-state index is -3.40. The molecule has 0 spiro atoms. The summed E-state index contributed by atoms with van der Waals surface area (Å²) < 4.78 is 32.0. The molecule has 23 heavy (non-hydrogen) atoms. The number of amides is 1. The Morgan fingerprint density at radius 1 is 1.26 bits per heavy atom. The van der Waals surface area contributed by atoms with E-state index in [1.54, 1.807) is 0 Å². The molecular weight excluding hydrogens is 318 g/mol.